The monoisotopic (exact) mass is 735 g/mol. The van der Waals surface area contributed by atoms with E-state index in [9.17, 15) is 9.59 Å². The van der Waals surface area contributed by atoms with Crippen molar-refractivity contribution in [2.75, 3.05) is 21.3 Å². The Balaban J connectivity index is 1.60. The highest BCUT2D eigenvalue weighted by Crippen LogP contribution is 2.53. The van der Waals surface area contributed by atoms with Crippen molar-refractivity contribution < 1.29 is 37.9 Å². The molecule has 9 heteroatoms. The maximum atomic E-state index is 16.0. The van der Waals surface area contributed by atoms with Gasteiger partial charge in [0.2, 0.25) is 0 Å². The van der Waals surface area contributed by atoms with E-state index in [2.05, 4.69) is 5.16 Å². The Morgan fingerprint density at radius 1 is 0.800 bits per heavy atom. The number of aldehydes is 1. The molecule has 0 atom stereocenters. The smallest absolute Gasteiger partial charge is 0.341 e. The predicted molar refractivity (Wildman–Crippen MR) is 210 cm³/mol. The fourth-order valence-corrected chi connectivity index (χ4v) is 7.95. The molecule has 0 saturated carbocycles. The summed E-state index contributed by atoms with van der Waals surface area (Å²) in [5, 5.41) is 5.62. The third-order valence-electron chi connectivity index (χ3n) is 11.0. The van der Waals surface area contributed by atoms with Gasteiger partial charge in [-0.3, -0.25) is 9.59 Å². The van der Waals surface area contributed by atoms with Gasteiger partial charge in [-0.05, 0) is 96.6 Å². The molecule has 0 aliphatic heterocycles. The quantitative estimate of drug-likeness (QED) is 0.100. The molecule has 1 aromatic heterocycles. The summed E-state index contributed by atoms with van der Waals surface area (Å²) < 4.78 is 29.7. The molecule has 1 heterocycles. The molecule has 7 rings (SSSR count). The molecule has 1 aliphatic rings. The number of allylic oxidation sites excluding steroid dienone is 1. The van der Waals surface area contributed by atoms with Gasteiger partial charge in [0.25, 0.3) is 0 Å². The highest BCUT2D eigenvalue weighted by Gasteiger charge is 2.54. The van der Waals surface area contributed by atoms with Gasteiger partial charge in [-0.15, -0.1) is 0 Å². The Labute approximate surface area is 319 Å². The minimum atomic E-state index is -1.46. The summed E-state index contributed by atoms with van der Waals surface area (Å²) >= 11 is 0. The van der Waals surface area contributed by atoms with Crippen molar-refractivity contribution >= 4 is 34.9 Å². The van der Waals surface area contributed by atoms with Crippen molar-refractivity contribution in [2.24, 2.45) is 0 Å². The number of hydrogen-bond donors (Lipinski definition) is 0. The van der Waals surface area contributed by atoms with Gasteiger partial charge in [0.05, 0.1) is 32.5 Å². The molecular weight excluding hydrogens is 695 g/mol. The number of aryl methyl sites for hydroxylation is 3. The number of benzene rings is 5. The number of Topliss-reactive ketones (excluding diaryl/α,β-unsaturated/α-hetero) is 1. The number of carbonyl (C=O) groups is 3. The summed E-state index contributed by atoms with van der Waals surface area (Å²) in [6, 6.07) is 24.7. The van der Waals surface area contributed by atoms with E-state index in [0.717, 1.165) is 38.9 Å². The molecule has 1 aliphatic carbocycles. The molecule has 0 N–H and O–H groups in total. The molecule has 0 amide bonds. The van der Waals surface area contributed by atoms with E-state index in [4.69, 9.17) is 23.5 Å². The summed E-state index contributed by atoms with van der Waals surface area (Å²) in [6.07, 6.45) is 2.42. The first-order valence-electron chi connectivity index (χ1n) is 17.9. The van der Waals surface area contributed by atoms with Crippen molar-refractivity contribution in [1.29, 1.82) is 0 Å². The van der Waals surface area contributed by atoms with E-state index in [1.54, 1.807) is 32.2 Å². The third-order valence-corrected chi connectivity index (χ3v) is 11.0. The fourth-order valence-electron chi connectivity index (χ4n) is 7.95. The van der Waals surface area contributed by atoms with Crippen LogP contribution >= 0.6 is 0 Å². The van der Waals surface area contributed by atoms with Crippen LogP contribution in [-0.2, 0) is 21.5 Å². The molecule has 0 radical (unpaired) electrons. The van der Waals surface area contributed by atoms with Crippen molar-refractivity contribution in [3.63, 3.8) is 0 Å². The van der Waals surface area contributed by atoms with Crippen molar-refractivity contribution in [1.82, 2.24) is 5.16 Å². The SMILES string of the molecule is COC(=O)c1c(OC)cc2cc(C=O)c(-c3noc4c3C(=O)C(c3cccc(C)c3C)(c3cccc(C)c3C)C(OC)=C4)c(OCc3ccccc3)c2c1C. The number of hydrogen-bond acceptors (Lipinski definition) is 9. The zero-order valence-corrected chi connectivity index (χ0v) is 32.1. The molecule has 0 bridgehead atoms. The standard InChI is InChI=1S/C46H41NO8/c1-25-14-12-18-33(27(25)3)46(34-19-13-15-26(2)28(34)4)37(52-7)22-36-41(44(46)49)42(47-55-36)40-32(23-48)20-31-21-35(51-6)39(45(50)53-8)29(5)38(31)43(40)54-24-30-16-10-9-11-17-30/h9-23H,24H2,1-8H3. The lowest BCUT2D eigenvalue weighted by atomic mass is 9.62. The summed E-state index contributed by atoms with van der Waals surface area (Å²) in [7, 11) is 4.31. The van der Waals surface area contributed by atoms with Crippen LogP contribution in [0, 0.1) is 34.6 Å². The summed E-state index contributed by atoms with van der Waals surface area (Å²) in [4.78, 5) is 42.4. The van der Waals surface area contributed by atoms with Crippen LogP contribution in [0.15, 0.2) is 89.1 Å². The molecule has 0 spiro atoms. The Hall–Kier alpha value is -6.48. The summed E-state index contributed by atoms with van der Waals surface area (Å²) in [6.45, 7) is 9.89. The molecule has 9 nitrogen and oxygen atoms in total. The van der Waals surface area contributed by atoms with Gasteiger partial charge in [0, 0.05) is 17.0 Å². The van der Waals surface area contributed by atoms with E-state index in [1.165, 1.54) is 14.2 Å². The first kappa shape index (κ1) is 36.9. The number of carbonyl (C=O) groups excluding carboxylic acids is 3. The highest BCUT2D eigenvalue weighted by molar-refractivity contribution is 6.18. The average Bonchev–Trinajstić information content (AvgIpc) is 3.62. The van der Waals surface area contributed by atoms with E-state index >= 15 is 4.79 Å². The Bertz CT molecular complexity index is 2510. The van der Waals surface area contributed by atoms with Crippen LogP contribution in [0.25, 0.3) is 28.1 Å². The summed E-state index contributed by atoms with van der Waals surface area (Å²) in [5.41, 5.74) is 6.15. The van der Waals surface area contributed by atoms with E-state index in [0.29, 0.717) is 28.4 Å². The van der Waals surface area contributed by atoms with Gasteiger partial charge in [-0.25, -0.2) is 4.79 Å². The van der Waals surface area contributed by atoms with Gasteiger partial charge in [-0.2, -0.15) is 0 Å². The van der Waals surface area contributed by atoms with Crippen LogP contribution in [0.3, 0.4) is 0 Å². The van der Waals surface area contributed by atoms with Crippen molar-refractivity contribution in [3.8, 4) is 22.8 Å². The average molecular weight is 736 g/mol. The number of ketones is 1. The molecule has 0 fully saturated rings. The van der Waals surface area contributed by atoms with E-state index < -0.39 is 11.4 Å². The second-order valence-electron chi connectivity index (χ2n) is 13.8. The lowest BCUT2D eigenvalue weighted by molar-refractivity contribution is 0.0596. The predicted octanol–water partition coefficient (Wildman–Crippen LogP) is 9.39. The molecule has 5 aromatic carbocycles. The summed E-state index contributed by atoms with van der Waals surface area (Å²) in [5.74, 6) is 0.112. The van der Waals surface area contributed by atoms with Gasteiger partial charge in [-0.1, -0.05) is 71.9 Å². The lowest BCUT2D eigenvalue weighted by Crippen LogP contribution is -2.43. The molecule has 278 valence electrons. The zero-order valence-electron chi connectivity index (χ0n) is 32.1. The second kappa shape index (κ2) is 14.4. The van der Waals surface area contributed by atoms with Crippen LogP contribution in [0.4, 0.5) is 0 Å². The Morgan fingerprint density at radius 3 is 2.04 bits per heavy atom. The number of nitrogens with zero attached hydrogens (tertiary/aromatic N) is 1. The normalized spacial score (nSPS) is 13.2. The highest BCUT2D eigenvalue weighted by atomic mass is 16.5. The van der Waals surface area contributed by atoms with Gasteiger partial charge >= 0.3 is 5.97 Å². The van der Waals surface area contributed by atoms with Crippen LogP contribution in [0.1, 0.15) is 81.3 Å². The van der Waals surface area contributed by atoms with Crippen LogP contribution < -0.4 is 9.47 Å². The second-order valence-corrected chi connectivity index (χ2v) is 13.8. The number of methoxy groups -OCH3 is 3. The van der Waals surface area contributed by atoms with E-state index in [1.807, 2.05) is 94.4 Å². The number of esters is 1. The lowest BCUT2D eigenvalue weighted by Gasteiger charge is -2.39. The number of aromatic nitrogens is 1. The number of ether oxygens (including phenoxy) is 4. The first-order chi connectivity index (χ1) is 26.5. The molecule has 0 saturated heterocycles. The molecular formula is C46H41NO8. The fraction of sp³-hybridized carbons (Fsp3) is 0.217. The van der Waals surface area contributed by atoms with Gasteiger partial charge in [0.15, 0.2) is 17.8 Å². The van der Waals surface area contributed by atoms with Crippen LogP contribution in [0.5, 0.6) is 11.5 Å². The third kappa shape index (κ3) is 5.69. The maximum absolute atomic E-state index is 16.0. The molecule has 0 unspecified atom stereocenters. The van der Waals surface area contributed by atoms with Gasteiger partial charge < -0.3 is 23.5 Å². The van der Waals surface area contributed by atoms with Crippen molar-refractivity contribution in [2.45, 2.75) is 46.6 Å². The minimum Gasteiger partial charge on any atom is -0.499 e. The first-order valence-corrected chi connectivity index (χ1v) is 17.9. The Morgan fingerprint density at radius 2 is 1.45 bits per heavy atom. The topological polar surface area (TPSA) is 114 Å². The van der Waals surface area contributed by atoms with Crippen LogP contribution in [0.2, 0.25) is 0 Å². The Kier molecular flexibility index (Phi) is 9.65. The van der Waals surface area contributed by atoms with E-state index in [-0.39, 0.29) is 57.6 Å². The van der Waals surface area contributed by atoms with Crippen molar-refractivity contribution in [3.05, 3.63) is 152 Å². The zero-order chi connectivity index (χ0) is 39.2. The minimum absolute atomic E-state index is 0.0981. The maximum Gasteiger partial charge on any atom is 0.341 e. The molecule has 6 aromatic rings. The number of fused-ring (bicyclic) bond motifs is 2. The largest absolute Gasteiger partial charge is 0.499 e. The van der Waals surface area contributed by atoms with Crippen LogP contribution in [-0.4, -0.2) is 44.5 Å². The van der Waals surface area contributed by atoms with Gasteiger partial charge in [0.1, 0.15) is 40.5 Å². The number of rotatable bonds is 10. The molecule has 55 heavy (non-hydrogen) atoms.